The number of aromatic nitrogens is 2. The van der Waals surface area contributed by atoms with Crippen LogP contribution >= 0.6 is 11.9 Å². The van der Waals surface area contributed by atoms with E-state index < -0.39 is 23.5 Å². The summed E-state index contributed by atoms with van der Waals surface area (Å²) >= 11 is 1.15. The standard InChI is InChI=1S/C16H22FN5O3S/c1-9-11(20-14(23)21-26-6-5-18)7-10(17)13-12(9)19-8-22(13)15(24)25-16(2,3)4/h7-8H,5-6,18H2,1-4H3,(H2,20,21,23). The summed E-state index contributed by atoms with van der Waals surface area (Å²) < 4.78 is 23.4. The number of rotatable bonds is 4. The first-order chi connectivity index (χ1) is 12.1. The number of carbonyl (C=O) groups excluding carboxylic acids is 2. The first kappa shape index (κ1) is 20.0. The van der Waals surface area contributed by atoms with E-state index in [2.05, 4.69) is 15.0 Å². The summed E-state index contributed by atoms with van der Waals surface area (Å²) in [6.45, 7) is 7.25. The Labute approximate surface area is 154 Å². The van der Waals surface area contributed by atoms with Gasteiger partial charge in [0, 0.05) is 23.9 Å². The number of aryl methyl sites for hydroxylation is 1. The van der Waals surface area contributed by atoms with Gasteiger partial charge in [0.2, 0.25) is 0 Å². The van der Waals surface area contributed by atoms with Gasteiger partial charge in [0.1, 0.15) is 17.4 Å². The summed E-state index contributed by atoms with van der Waals surface area (Å²) in [5.74, 6) is -0.140. The molecule has 2 amide bonds. The first-order valence-electron chi connectivity index (χ1n) is 7.92. The Kier molecular flexibility index (Phi) is 6.09. The van der Waals surface area contributed by atoms with E-state index in [9.17, 15) is 14.0 Å². The molecule has 0 radical (unpaired) electrons. The molecular formula is C16H22FN5O3S. The van der Waals surface area contributed by atoms with E-state index in [-0.39, 0.29) is 16.7 Å². The van der Waals surface area contributed by atoms with E-state index in [0.29, 0.717) is 17.9 Å². The molecule has 0 aliphatic heterocycles. The number of carbonyl (C=O) groups is 2. The number of nitrogens with zero attached hydrogens (tertiary/aromatic N) is 2. The highest BCUT2D eigenvalue weighted by atomic mass is 32.2. The average Bonchev–Trinajstić information content (AvgIpc) is 2.97. The molecule has 0 unspecified atom stereocenters. The van der Waals surface area contributed by atoms with E-state index in [1.54, 1.807) is 27.7 Å². The van der Waals surface area contributed by atoms with Crippen LogP contribution < -0.4 is 15.8 Å². The number of hydrogen-bond donors (Lipinski definition) is 3. The van der Waals surface area contributed by atoms with Crippen molar-refractivity contribution in [2.75, 3.05) is 17.6 Å². The number of imidazole rings is 1. The molecule has 2 rings (SSSR count). The molecule has 10 heteroatoms. The highest BCUT2D eigenvalue weighted by Gasteiger charge is 2.23. The third kappa shape index (κ3) is 4.64. The zero-order valence-corrected chi connectivity index (χ0v) is 15.9. The minimum atomic E-state index is -0.727. The lowest BCUT2D eigenvalue weighted by molar-refractivity contribution is 0.0542. The smallest absolute Gasteiger partial charge is 0.420 e. The largest absolute Gasteiger partial charge is 0.443 e. The van der Waals surface area contributed by atoms with Crippen molar-refractivity contribution in [1.29, 1.82) is 0 Å². The SMILES string of the molecule is Cc1c(NC(=O)NSCCN)cc(F)c2c1ncn2C(=O)OC(C)(C)C. The van der Waals surface area contributed by atoms with E-state index in [1.807, 2.05) is 0 Å². The molecule has 0 saturated carbocycles. The normalized spacial score (nSPS) is 11.5. The maximum absolute atomic E-state index is 14.6. The van der Waals surface area contributed by atoms with Gasteiger partial charge in [0.15, 0.2) is 5.82 Å². The number of benzene rings is 1. The molecule has 4 N–H and O–H groups in total. The number of ether oxygens (including phenoxy) is 1. The number of anilines is 1. The topological polar surface area (TPSA) is 111 Å². The number of halogens is 1. The number of fused-ring (bicyclic) bond motifs is 1. The number of nitrogens with one attached hydrogen (secondary N) is 2. The molecule has 0 fully saturated rings. The summed E-state index contributed by atoms with van der Waals surface area (Å²) in [6.07, 6.45) is 0.477. The molecule has 1 aromatic carbocycles. The first-order valence-corrected chi connectivity index (χ1v) is 8.91. The molecule has 1 heterocycles. The molecular weight excluding hydrogens is 361 g/mol. The van der Waals surface area contributed by atoms with Gasteiger partial charge < -0.3 is 15.8 Å². The third-order valence-corrected chi connectivity index (χ3v) is 4.02. The fraction of sp³-hybridized carbons (Fsp3) is 0.438. The molecule has 0 spiro atoms. The van der Waals surface area contributed by atoms with Gasteiger partial charge in [-0.15, -0.1) is 0 Å². The van der Waals surface area contributed by atoms with Crippen LogP contribution in [0, 0.1) is 12.7 Å². The molecule has 8 nitrogen and oxygen atoms in total. The number of urea groups is 1. The highest BCUT2D eigenvalue weighted by Crippen LogP contribution is 2.28. The van der Waals surface area contributed by atoms with E-state index in [1.165, 1.54) is 6.33 Å². The van der Waals surface area contributed by atoms with Crippen molar-refractivity contribution in [2.45, 2.75) is 33.3 Å². The zero-order chi connectivity index (χ0) is 19.5. The lowest BCUT2D eigenvalue weighted by Crippen LogP contribution is -2.27. The van der Waals surface area contributed by atoms with Gasteiger partial charge in [-0.2, -0.15) is 0 Å². The lowest BCUT2D eigenvalue weighted by Gasteiger charge is -2.19. The summed E-state index contributed by atoms with van der Waals surface area (Å²) in [4.78, 5) is 28.2. The summed E-state index contributed by atoms with van der Waals surface area (Å²) in [7, 11) is 0. The van der Waals surface area contributed by atoms with E-state index >= 15 is 0 Å². The molecule has 2 aromatic rings. The zero-order valence-electron chi connectivity index (χ0n) is 15.1. The van der Waals surface area contributed by atoms with Crippen LogP contribution in [0.3, 0.4) is 0 Å². The predicted molar refractivity (Wildman–Crippen MR) is 99.7 cm³/mol. The quantitative estimate of drug-likeness (QED) is 0.553. The number of nitrogens with two attached hydrogens (primary N) is 1. The van der Waals surface area contributed by atoms with Crippen molar-refractivity contribution in [1.82, 2.24) is 14.3 Å². The lowest BCUT2D eigenvalue weighted by atomic mass is 10.1. The Morgan fingerprint density at radius 2 is 2.12 bits per heavy atom. The molecule has 0 atom stereocenters. The monoisotopic (exact) mass is 383 g/mol. The fourth-order valence-corrected chi connectivity index (χ4v) is 2.59. The van der Waals surface area contributed by atoms with Gasteiger partial charge >= 0.3 is 12.1 Å². The Hall–Kier alpha value is -2.33. The average molecular weight is 383 g/mol. The summed E-state index contributed by atoms with van der Waals surface area (Å²) in [5.41, 5.74) is 5.68. The van der Waals surface area contributed by atoms with Crippen LogP contribution in [-0.4, -0.2) is 39.6 Å². The van der Waals surface area contributed by atoms with Crippen molar-refractivity contribution < 1.29 is 18.7 Å². The second-order valence-corrected chi connectivity index (χ2v) is 7.42. The van der Waals surface area contributed by atoms with Crippen LogP contribution in [0.5, 0.6) is 0 Å². The van der Waals surface area contributed by atoms with Crippen LogP contribution in [0.1, 0.15) is 26.3 Å². The third-order valence-electron chi connectivity index (χ3n) is 3.25. The van der Waals surface area contributed by atoms with Crippen LogP contribution in [0.4, 0.5) is 19.7 Å². The van der Waals surface area contributed by atoms with Gasteiger partial charge in [-0.25, -0.2) is 23.5 Å². The molecule has 26 heavy (non-hydrogen) atoms. The Bertz CT molecular complexity index is 831. The minimum absolute atomic E-state index is 0.000199. The summed E-state index contributed by atoms with van der Waals surface area (Å²) in [6, 6.07) is 0.643. The van der Waals surface area contributed by atoms with Gasteiger partial charge in [-0.05, 0) is 39.6 Å². The van der Waals surface area contributed by atoms with Gasteiger partial charge in [-0.1, -0.05) is 0 Å². The highest BCUT2D eigenvalue weighted by molar-refractivity contribution is 7.97. The molecule has 0 aliphatic carbocycles. The molecule has 1 aromatic heterocycles. The maximum atomic E-state index is 14.6. The second kappa shape index (κ2) is 7.92. The van der Waals surface area contributed by atoms with Crippen molar-refractivity contribution in [3.05, 3.63) is 23.8 Å². The van der Waals surface area contributed by atoms with Crippen LogP contribution in [0.15, 0.2) is 12.4 Å². The van der Waals surface area contributed by atoms with Crippen LogP contribution in [0.2, 0.25) is 0 Å². The van der Waals surface area contributed by atoms with E-state index in [0.717, 1.165) is 22.6 Å². The molecule has 142 valence electrons. The Morgan fingerprint density at radius 3 is 2.73 bits per heavy atom. The van der Waals surface area contributed by atoms with E-state index in [4.69, 9.17) is 10.5 Å². The van der Waals surface area contributed by atoms with Gasteiger partial charge in [0.05, 0.1) is 11.2 Å². The van der Waals surface area contributed by atoms with Crippen molar-refractivity contribution in [3.8, 4) is 0 Å². The van der Waals surface area contributed by atoms with Crippen molar-refractivity contribution >= 4 is 40.8 Å². The number of amides is 2. The fourth-order valence-electron chi connectivity index (χ4n) is 2.18. The van der Waals surface area contributed by atoms with Crippen LogP contribution in [0.25, 0.3) is 11.0 Å². The van der Waals surface area contributed by atoms with Crippen molar-refractivity contribution in [3.63, 3.8) is 0 Å². The predicted octanol–water partition coefficient (Wildman–Crippen LogP) is 3.00. The van der Waals surface area contributed by atoms with Gasteiger partial charge in [-0.3, -0.25) is 4.72 Å². The summed E-state index contributed by atoms with van der Waals surface area (Å²) in [5, 5.41) is 2.56. The van der Waals surface area contributed by atoms with Gasteiger partial charge in [0.25, 0.3) is 0 Å². The maximum Gasteiger partial charge on any atom is 0.420 e. The molecule has 0 aliphatic rings. The molecule has 0 bridgehead atoms. The molecule has 0 saturated heterocycles. The Morgan fingerprint density at radius 1 is 1.42 bits per heavy atom. The Balaban J connectivity index is 2.31. The second-order valence-electron chi connectivity index (χ2n) is 6.52. The van der Waals surface area contributed by atoms with Crippen molar-refractivity contribution in [2.24, 2.45) is 5.73 Å². The number of hydrogen-bond acceptors (Lipinski definition) is 6. The minimum Gasteiger partial charge on any atom is -0.443 e. The van der Waals surface area contributed by atoms with Crippen LogP contribution in [-0.2, 0) is 4.74 Å².